The zero-order valence-corrected chi connectivity index (χ0v) is 11.0. The van der Waals surface area contributed by atoms with E-state index in [-0.39, 0.29) is 11.8 Å². The number of carbonyl (C=O) groups excluding carboxylic acids is 1. The molecule has 4 heteroatoms. The minimum Gasteiger partial charge on any atom is -0.330 e. The largest absolute Gasteiger partial charge is 0.330 e. The third-order valence-corrected chi connectivity index (χ3v) is 2.87. The molecule has 1 amide bonds. The quantitative estimate of drug-likeness (QED) is 0.849. The van der Waals surface area contributed by atoms with Gasteiger partial charge in [0.15, 0.2) is 0 Å². The summed E-state index contributed by atoms with van der Waals surface area (Å²) in [4.78, 5) is 12.0. The molecule has 3 nitrogen and oxygen atoms in total. The van der Waals surface area contributed by atoms with Crippen LogP contribution in [0.5, 0.6) is 0 Å². The zero-order chi connectivity index (χ0) is 12.8. The highest BCUT2D eigenvalue weighted by molar-refractivity contribution is 6.33. The summed E-state index contributed by atoms with van der Waals surface area (Å²) >= 11 is 5.98. The third kappa shape index (κ3) is 4.36. The highest BCUT2D eigenvalue weighted by atomic mass is 35.5. The van der Waals surface area contributed by atoms with E-state index in [1.807, 2.05) is 12.1 Å². The van der Waals surface area contributed by atoms with Crippen LogP contribution in [-0.2, 0) is 4.79 Å². The maximum absolute atomic E-state index is 12.0. The smallest absolute Gasteiger partial charge is 0.228 e. The molecule has 0 heterocycles. The second kappa shape index (κ2) is 6.62. The van der Waals surface area contributed by atoms with Crippen molar-refractivity contribution in [1.29, 1.82) is 0 Å². The van der Waals surface area contributed by atoms with Gasteiger partial charge >= 0.3 is 0 Å². The molecule has 1 aromatic rings. The lowest BCUT2D eigenvalue weighted by Gasteiger charge is -2.17. The Morgan fingerprint density at radius 2 is 2.06 bits per heavy atom. The fraction of sp³-hybridized carbons (Fsp3) is 0.462. The zero-order valence-electron chi connectivity index (χ0n) is 10.2. The molecule has 1 unspecified atom stereocenters. The van der Waals surface area contributed by atoms with E-state index < -0.39 is 0 Å². The lowest BCUT2D eigenvalue weighted by atomic mass is 9.96. The first-order valence-electron chi connectivity index (χ1n) is 5.80. The number of benzene rings is 1. The minimum absolute atomic E-state index is 0.0608. The monoisotopic (exact) mass is 254 g/mol. The van der Waals surface area contributed by atoms with Crippen LogP contribution in [0.1, 0.15) is 20.3 Å². The number of halogens is 1. The molecule has 94 valence electrons. The Morgan fingerprint density at radius 3 is 2.59 bits per heavy atom. The van der Waals surface area contributed by atoms with Gasteiger partial charge in [0.05, 0.1) is 16.6 Å². The van der Waals surface area contributed by atoms with E-state index in [0.29, 0.717) is 23.2 Å². The number of nitrogens with one attached hydrogen (secondary N) is 1. The highest BCUT2D eigenvalue weighted by Crippen LogP contribution is 2.22. The van der Waals surface area contributed by atoms with Gasteiger partial charge in [-0.25, -0.2) is 0 Å². The van der Waals surface area contributed by atoms with E-state index in [2.05, 4.69) is 19.2 Å². The van der Waals surface area contributed by atoms with Crippen molar-refractivity contribution in [3.05, 3.63) is 29.3 Å². The molecule has 0 saturated heterocycles. The average Bonchev–Trinajstić information content (AvgIpc) is 2.28. The molecule has 17 heavy (non-hydrogen) atoms. The number of carbonyl (C=O) groups is 1. The maximum Gasteiger partial charge on any atom is 0.228 e. The predicted octanol–water partition coefficient (Wildman–Crippen LogP) is 2.90. The van der Waals surface area contributed by atoms with E-state index >= 15 is 0 Å². The van der Waals surface area contributed by atoms with Crippen LogP contribution in [0.4, 0.5) is 5.69 Å². The first-order valence-corrected chi connectivity index (χ1v) is 6.17. The summed E-state index contributed by atoms with van der Waals surface area (Å²) in [7, 11) is 0. The molecule has 0 bridgehead atoms. The van der Waals surface area contributed by atoms with Gasteiger partial charge in [0.1, 0.15) is 0 Å². The Balaban J connectivity index is 2.67. The number of anilines is 1. The van der Waals surface area contributed by atoms with Crippen LogP contribution in [0.25, 0.3) is 0 Å². The summed E-state index contributed by atoms with van der Waals surface area (Å²) in [5.41, 5.74) is 6.26. The Kier molecular flexibility index (Phi) is 5.45. The molecule has 1 rings (SSSR count). The molecule has 0 aliphatic carbocycles. The molecule has 0 fully saturated rings. The number of rotatable bonds is 5. The van der Waals surface area contributed by atoms with Gasteiger partial charge in [0, 0.05) is 6.54 Å². The predicted molar refractivity (Wildman–Crippen MR) is 72.1 cm³/mol. The fourth-order valence-electron chi connectivity index (χ4n) is 1.68. The molecule has 0 saturated carbocycles. The van der Waals surface area contributed by atoms with Gasteiger partial charge in [-0.15, -0.1) is 0 Å². The summed E-state index contributed by atoms with van der Waals surface area (Å²) < 4.78 is 0. The third-order valence-electron chi connectivity index (χ3n) is 2.54. The number of nitrogens with two attached hydrogens (primary N) is 1. The summed E-state index contributed by atoms with van der Waals surface area (Å²) in [6.45, 7) is 4.51. The van der Waals surface area contributed by atoms with Crippen molar-refractivity contribution < 1.29 is 4.79 Å². The molecule has 1 atom stereocenters. The number of hydrogen-bond donors (Lipinski definition) is 2. The Labute approximate surface area is 107 Å². The van der Waals surface area contributed by atoms with Gasteiger partial charge in [-0.1, -0.05) is 37.6 Å². The average molecular weight is 255 g/mol. The topological polar surface area (TPSA) is 55.1 Å². The molecule has 3 N–H and O–H groups in total. The fourth-order valence-corrected chi connectivity index (χ4v) is 1.86. The van der Waals surface area contributed by atoms with Crippen LogP contribution < -0.4 is 11.1 Å². The SMILES string of the molecule is CC(C)CC(CN)C(=O)Nc1ccccc1Cl. The van der Waals surface area contributed by atoms with Gasteiger partial charge in [-0.2, -0.15) is 0 Å². The minimum atomic E-state index is -0.161. The van der Waals surface area contributed by atoms with Crippen LogP contribution >= 0.6 is 11.6 Å². The van der Waals surface area contributed by atoms with Gasteiger partial charge in [0.2, 0.25) is 5.91 Å². The summed E-state index contributed by atoms with van der Waals surface area (Å²) in [6, 6.07) is 7.19. The summed E-state index contributed by atoms with van der Waals surface area (Å²) in [5, 5.41) is 3.36. The molecule has 0 spiro atoms. The van der Waals surface area contributed by atoms with Crippen molar-refractivity contribution >= 4 is 23.2 Å². The van der Waals surface area contributed by atoms with Gasteiger partial charge in [0.25, 0.3) is 0 Å². The van der Waals surface area contributed by atoms with Gasteiger partial charge < -0.3 is 11.1 Å². The summed E-state index contributed by atoms with van der Waals surface area (Å²) in [6.07, 6.45) is 0.785. The van der Waals surface area contributed by atoms with Crippen LogP contribution in [0.3, 0.4) is 0 Å². The highest BCUT2D eigenvalue weighted by Gasteiger charge is 2.18. The first-order chi connectivity index (χ1) is 8.04. The van der Waals surface area contributed by atoms with Crippen molar-refractivity contribution in [2.75, 3.05) is 11.9 Å². The number of amides is 1. The molecule has 0 aliphatic heterocycles. The molecule has 0 aliphatic rings. The Hall–Kier alpha value is -1.06. The standard InChI is InChI=1S/C13H19ClN2O/c1-9(2)7-10(8-15)13(17)16-12-6-4-3-5-11(12)14/h3-6,9-10H,7-8,15H2,1-2H3,(H,16,17). The van der Waals surface area contributed by atoms with Gasteiger partial charge in [-0.05, 0) is 24.5 Å². The lowest BCUT2D eigenvalue weighted by Crippen LogP contribution is -2.30. The van der Waals surface area contributed by atoms with Gasteiger partial charge in [-0.3, -0.25) is 4.79 Å². The van der Waals surface area contributed by atoms with E-state index in [1.54, 1.807) is 12.1 Å². The molecule has 0 aromatic heterocycles. The van der Waals surface area contributed by atoms with Crippen molar-refractivity contribution in [2.24, 2.45) is 17.6 Å². The van der Waals surface area contributed by atoms with Crippen molar-refractivity contribution in [1.82, 2.24) is 0 Å². The van der Waals surface area contributed by atoms with Crippen molar-refractivity contribution in [2.45, 2.75) is 20.3 Å². The molecule has 0 radical (unpaired) electrons. The van der Waals surface area contributed by atoms with Crippen molar-refractivity contribution in [3.63, 3.8) is 0 Å². The van der Waals surface area contributed by atoms with Crippen molar-refractivity contribution in [3.8, 4) is 0 Å². The summed E-state index contributed by atoms with van der Waals surface area (Å²) in [5.74, 6) is 0.223. The second-order valence-electron chi connectivity index (χ2n) is 4.53. The van der Waals surface area contributed by atoms with Crippen LogP contribution in [-0.4, -0.2) is 12.5 Å². The number of hydrogen-bond acceptors (Lipinski definition) is 2. The van der Waals surface area contributed by atoms with E-state index in [4.69, 9.17) is 17.3 Å². The van der Waals surface area contributed by atoms with Crippen LogP contribution in [0.15, 0.2) is 24.3 Å². The second-order valence-corrected chi connectivity index (χ2v) is 4.94. The Bertz CT molecular complexity index is 379. The maximum atomic E-state index is 12.0. The van der Waals surface area contributed by atoms with Crippen LogP contribution in [0.2, 0.25) is 5.02 Å². The molecular formula is C13H19ClN2O. The van der Waals surface area contributed by atoms with Crippen LogP contribution in [0, 0.1) is 11.8 Å². The van der Waals surface area contributed by atoms with E-state index in [0.717, 1.165) is 6.42 Å². The molecule has 1 aromatic carbocycles. The van der Waals surface area contributed by atoms with E-state index in [1.165, 1.54) is 0 Å². The first kappa shape index (κ1) is 14.0. The normalized spacial score (nSPS) is 12.5. The van der Waals surface area contributed by atoms with E-state index in [9.17, 15) is 4.79 Å². The number of para-hydroxylation sites is 1. The molecular weight excluding hydrogens is 236 g/mol. The Morgan fingerprint density at radius 1 is 1.41 bits per heavy atom. The lowest BCUT2D eigenvalue weighted by molar-refractivity contribution is -0.120.